The molecule has 2 nitrogen and oxygen atoms in total. The minimum absolute atomic E-state index is 0.0224. The lowest BCUT2D eigenvalue weighted by Gasteiger charge is -2.19. The lowest BCUT2D eigenvalue weighted by Crippen LogP contribution is -2.19. The smallest absolute Gasteiger partial charge is 0.370 e. The highest BCUT2D eigenvalue weighted by Crippen LogP contribution is 2.30. The van der Waals surface area contributed by atoms with Crippen molar-refractivity contribution in [1.82, 2.24) is 0 Å². The normalized spacial score (nSPS) is 14.1. The predicted molar refractivity (Wildman–Crippen MR) is 59.5 cm³/mol. The molecule has 1 rings (SSSR count). The molecule has 0 aliphatic rings. The maximum absolute atomic E-state index is 12.4. The van der Waals surface area contributed by atoms with Gasteiger partial charge in [0.2, 0.25) is 0 Å². The quantitative estimate of drug-likeness (QED) is 0.887. The van der Waals surface area contributed by atoms with Gasteiger partial charge in [0.25, 0.3) is 0 Å². The lowest BCUT2D eigenvalue weighted by atomic mass is 10.1. The third kappa shape index (κ3) is 4.02. The summed E-state index contributed by atoms with van der Waals surface area (Å²) in [5.41, 5.74) is 5.53. The maximum Gasteiger partial charge on any atom is 0.416 e. The number of alkyl halides is 3. The van der Waals surface area contributed by atoms with E-state index in [1.165, 1.54) is 12.1 Å². The van der Waals surface area contributed by atoms with Crippen molar-refractivity contribution in [1.29, 1.82) is 0 Å². The summed E-state index contributed by atoms with van der Waals surface area (Å²) >= 11 is 0. The van der Waals surface area contributed by atoms with E-state index in [4.69, 9.17) is 10.5 Å². The molecule has 0 aliphatic heterocycles. The van der Waals surface area contributed by atoms with Gasteiger partial charge < -0.3 is 10.5 Å². The average Bonchev–Trinajstić information content (AvgIpc) is 2.24. The molecule has 0 spiro atoms. The van der Waals surface area contributed by atoms with Gasteiger partial charge in [0, 0.05) is 6.54 Å². The van der Waals surface area contributed by atoms with Gasteiger partial charge in [0.1, 0.15) is 0 Å². The van der Waals surface area contributed by atoms with Crippen LogP contribution in [-0.4, -0.2) is 12.6 Å². The van der Waals surface area contributed by atoms with Crippen molar-refractivity contribution in [3.63, 3.8) is 0 Å². The van der Waals surface area contributed by atoms with Crippen molar-refractivity contribution in [3.8, 4) is 0 Å². The Morgan fingerprint density at radius 3 is 2.06 bits per heavy atom. The molecule has 1 unspecified atom stereocenters. The van der Waals surface area contributed by atoms with E-state index >= 15 is 0 Å². The van der Waals surface area contributed by atoms with Crippen LogP contribution in [0.4, 0.5) is 13.2 Å². The lowest BCUT2D eigenvalue weighted by molar-refractivity contribution is -0.137. The Morgan fingerprint density at radius 2 is 1.71 bits per heavy atom. The van der Waals surface area contributed by atoms with Crippen LogP contribution in [0.15, 0.2) is 24.3 Å². The molecule has 0 aromatic heterocycles. The Kier molecular flexibility index (Phi) is 4.54. The number of ether oxygens (including phenoxy) is 1. The number of halogens is 3. The van der Waals surface area contributed by atoms with Crippen molar-refractivity contribution in [3.05, 3.63) is 35.4 Å². The highest BCUT2D eigenvalue weighted by molar-refractivity contribution is 5.26. The molecule has 0 fully saturated rings. The molecular weight excluding hydrogens is 231 g/mol. The first-order valence-corrected chi connectivity index (χ1v) is 5.37. The van der Waals surface area contributed by atoms with E-state index in [1.807, 2.05) is 13.8 Å². The minimum atomic E-state index is -4.31. The van der Waals surface area contributed by atoms with Crippen LogP contribution < -0.4 is 5.73 Å². The molecule has 0 aliphatic carbocycles. The van der Waals surface area contributed by atoms with Gasteiger partial charge in [0.05, 0.1) is 17.8 Å². The molecule has 96 valence electrons. The monoisotopic (exact) mass is 247 g/mol. The fraction of sp³-hybridized carbons (Fsp3) is 0.500. The highest BCUT2D eigenvalue weighted by atomic mass is 19.4. The zero-order valence-electron chi connectivity index (χ0n) is 9.79. The minimum Gasteiger partial charge on any atom is -0.370 e. The Balaban J connectivity index is 2.85. The maximum atomic E-state index is 12.4. The summed E-state index contributed by atoms with van der Waals surface area (Å²) in [4.78, 5) is 0. The number of nitrogens with two attached hydrogens (primary N) is 1. The fourth-order valence-corrected chi connectivity index (χ4v) is 1.49. The van der Waals surface area contributed by atoms with Crippen LogP contribution in [0.2, 0.25) is 0 Å². The van der Waals surface area contributed by atoms with Crippen molar-refractivity contribution in [2.45, 2.75) is 32.2 Å². The fourth-order valence-electron chi connectivity index (χ4n) is 1.49. The molecule has 2 N–H and O–H groups in total. The van der Waals surface area contributed by atoms with Gasteiger partial charge in [-0.2, -0.15) is 13.2 Å². The first-order chi connectivity index (χ1) is 7.84. The molecule has 0 saturated heterocycles. The zero-order chi connectivity index (χ0) is 13.1. The topological polar surface area (TPSA) is 35.2 Å². The molecule has 0 bridgehead atoms. The number of benzene rings is 1. The van der Waals surface area contributed by atoms with Crippen molar-refractivity contribution in [2.75, 3.05) is 6.54 Å². The molecule has 0 radical (unpaired) electrons. The van der Waals surface area contributed by atoms with Gasteiger partial charge >= 0.3 is 6.18 Å². The molecular formula is C12H16F3NO. The first kappa shape index (κ1) is 14.0. The SMILES string of the molecule is CC(C)OC(CN)c1ccc(C(F)(F)F)cc1. The zero-order valence-corrected chi connectivity index (χ0v) is 9.79. The predicted octanol–water partition coefficient (Wildman–Crippen LogP) is 3.13. The van der Waals surface area contributed by atoms with Crippen LogP contribution in [0.25, 0.3) is 0 Å². The van der Waals surface area contributed by atoms with Crippen LogP contribution in [0.1, 0.15) is 31.1 Å². The van der Waals surface area contributed by atoms with E-state index in [-0.39, 0.29) is 18.8 Å². The number of rotatable bonds is 4. The van der Waals surface area contributed by atoms with E-state index in [2.05, 4.69) is 0 Å². The molecule has 0 saturated carbocycles. The Hall–Kier alpha value is -1.07. The van der Waals surface area contributed by atoms with Crippen molar-refractivity contribution < 1.29 is 17.9 Å². The summed E-state index contributed by atoms with van der Waals surface area (Å²) in [5.74, 6) is 0. The van der Waals surface area contributed by atoms with Gasteiger partial charge in [-0.25, -0.2) is 0 Å². The molecule has 1 aromatic carbocycles. The van der Waals surface area contributed by atoms with Gasteiger partial charge in [-0.15, -0.1) is 0 Å². The van der Waals surface area contributed by atoms with E-state index < -0.39 is 11.7 Å². The first-order valence-electron chi connectivity index (χ1n) is 5.37. The largest absolute Gasteiger partial charge is 0.416 e. The summed E-state index contributed by atoms with van der Waals surface area (Å²) in [6, 6.07) is 4.90. The standard InChI is InChI=1S/C12H16F3NO/c1-8(2)17-11(7-16)9-3-5-10(6-4-9)12(13,14)15/h3-6,8,11H,7,16H2,1-2H3. The van der Waals surface area contributed by atoms with Gasteiger partial charge in [0.15, 0.2) is 0 Å². The van der Waals surface area contributed by atoms with E-state index in [0.29, 0.717) is 5.56 Å². The van der Waals surface area contributed by atoms with Crippen molar-refractivity contribution >= 4 is 0 Å². The third-order valence-corrected chi connectivity index (χ3v) is 2.26. The summed E-state index contributed by atoms with van der Waals surface area (Å²) in [7, 11) is 0. The van der Waals surface area contributed by atoms with E-state index in [0.717, 1.165) is 12.1 Å². The Morgan fingerprint density at radius 1 is 1.18 bits per heavy atom. The van der Waals surface area contributed by atoms with E-state index in [1.54, 1.807) is 0 Å². The second-order valence-electron chi connectivity index (χ2n) is 4.03. The van der Waals surface area contributed by atoms with Crippen LogP contribution >= 0.6 is 0 Å². The van der Waals surface area contributed by atoms with Gasteiger partial charge in [-0.1, -0.05) is 12.1 Å². The van der Waals surface area contributed by atoms with Gasteiger partial charge in [-0.05, 0) is 31.5 Å². The number of hydrogen-bond acceptors (Lipinski definition) is 2. The second kappa shape index (κ2) is 5.51. The van der Waals surface area contributed by atoms with E-state index in [9.17, 15) is 13.2 Å². The summed E-state index contributed by atoms with van der Waals surface area (Å²) in [6.45, 7) is 3.95. The Bertz CT molecular complexity index is 346. The van der Waals surface area contributed by atoms with Crippen LogP contribution in [0, 0.1) is 0 Å². The third-order valence-electron chi connectivity index (χ3n) is 2.26. The number of hydrogen-bond donors (Lipinski definition) is 1. The second-order valence-corrected chi connectivity index (χ2v) is 4.03. The van der Waals surface area contributed by atoms with Crippen molar-refractivity contribution in [2.24, 2.45) is 5.73 Å². The molecule has 17 heavy (non-hydrogen) atoms. The molecule has 5 heteroatoms. The molecule has 0 heterocycles. The highest BCUT2D eigenvalue weighted by Gasteiger charge is 2.30. The Labute approximate surface area is 98.6 Å². The van der Waals surface area contributed by atoms with Crippen LogP contribution in [0.3, 0.4) is 0 Å². The molecule has 1 aromatic rings. The van der Waals surface area contributed by atoms with Gasteiger partial charge in [-0.3, -0.25) is 0 Å². The van der Waals surface area contributed by atoms with Crippen LogP contribution in [-0.2, 0) is 10.9 Å². The molecule has 0 amide bonds. The average molecular weight is 247 g/mol. The molecule has 1 atom stereocenters. The summed E-state index contributed by atoms with van der Waals surface area (Å²) < 4.78 is 42.6. The summed E-state index contributed by atoms with van der Waals surface area (Å²) in [5, 5.41) is 0. The van der Waals surface area contributed by atoms with Crippen LogP contribution in [0.5, 0.6) is 0 Å². The summed E-state index contributed by atoms with van der Waals surface area (Å²) in [6.07, 6.45) is -4.70.